The maximum Gasteiger partial charge on any atom is 0.238 e. The van der Waals surface area contributed by atoms with Crippen LogP contribution in [0.3, 0.4) is 0 Å². The van der Waals surface area contributed by atoms with E-state index >= 15 is 0 Å². The zero-order chi connectivity index (χ0) is 21.0. The van der Waals surface area contributed by atoms with Gasteiger partial charge >= 0.3 is 0 Å². The molecule has 0 aliphatic rings. The molecule has 0 spiro atoms. The van der Waals surface area contributed by atoms with Crippen LogP contribution in [0.4, 0.5) is 11.4 Å². The fraction of sp³-hybridized carbons (Fsp3) is 0.333. The number of nitrogens with zero attached hydrogens (tertiary/aromatic N) is 1. The molecule has 0 heterocycles. The first-order valence-electron chi connectivity index (χ1n) is 8.89. The summed E-state index contributed by atoms with van der Waals surface area (Å²) in [5.74, 6) is -0.482. The normalized spacial score (nSPS) is 10.9. The van der Waals surface area contributed by atoms with E-state index in [9.17, 15) is 9.59 Å². The minimum Gasteiger partial charge on any atom is -0.324 e. The lowest BCUT2D eigenvalue weighted by molar-refractivity contribution is -0.119. The number of anilines is 2. The van der Waals surface area contributed by atoms with Crippen LogP contribution in [0.2, 0.25) is 10.0 Å². The van der Waals surface area contributed by atoms with Crippen LogP contribution < -0.4 is 10.6 Å². The van der Waals surface area contributed by atoms with Crippen LogP contribution in [0.5, 0.6) is 0 Å². The minimum absolute atomic E-state index is 0.0277. The van der Waals surface area contributed by atoms with E-state index in [1.807, 2.05) is 39.8 Å². The Morgan fingerprint density at radius 2 is 1.36 bits per heavy atom. The minimum atomic E-state index is -0.299. The predicted octanol–water partition coefficient (Wildman–Crippen LogP) is 4.74. The highest BCUT2D eigenvalue weighted by Crippen LogP contribution is 2.32. The Hall–Kier alpha value is -2.08. The van der Waals surface area contributed by atoms with Crippen LogP contribution >= 0.6 is 23.2 Å². The molecule has 2 aromatic rings. The number of nitrogens with one attached hydrogen (secondary N) is 2. The van der Waals surface area contributed by atoms with E-state index in [2.05, 4.69) is 10.6 Å². The summed E-state index contributed by atoms with van der Waals surface area (Å²) in [4.78, 5) is 26.3. The smallest absolute Gasteiger partial charge is 0.238 e. The molecule has 0 aromatic heterocycles. The maximum atomic E-state index is 12.4. The number of likely N-dealkylation sites (N-methyl/N-ethyl adjacent to an activating group) is 1. The summed E-state index contributed by atoms with van der Waals surface area (Å²) in [5.41, 5.74) is 5.18. The number of carbonyl (C=O) groups is 2. The molecule has 5 nitrogen and oxygen atoms in total. The average Bonchev–Trinajstić information content (AvgIpc) is 2.58. The zero-order valence-corrected chi connectivity index (χ0v) is 18.3. The summed E-state index contributed by atoms with van der Waals surface area (Å²) in [6.45, 7) is 7.88. The quantitative estimate of drug-likeness (QED) is 0.707. The average molecular weight is 422 g/mol. The van der Waals surface area contributed by atoms with Gasteiger partial charge in [-0.2, -0.15) is 0 Å². The van der Waals surface area contributed by atoms with Crippen molar-refractivity contribution in [3.8, 4) is 0 Å². The summed E-state index contributed by atoms with van der Waals surface area (Å²) >= 11 is 12.3. The number of rotatable bonds is 6. The highest BCUT2D eigenvalue weighted by Gasteiger charge is 2.16. The van der Waals surface area contributed by atoms with E-state index in [1.165, 1.54) is 0 Å². The lowest BCUT2D eigenvalue weighted by atomic mass is 10.1. The highest BCUT2D eigenvalue weighted by atomic mass is 35.5. The molecule has 0 saturated heterocycles. The molecule has 0 fully saturated rings. The van der Waals surface area contributed by atoms with Gasteiger partial charge in [0.1, 0.15) is 0 Å². The Labute approximate surface area is 176 Å². The van der Waals surface area contributed by atoms with Gasteiger partial charge in [0.15, 0.2) is 0 Å². The van der Waals surface area contributed by atoms with Crippen molar-refractivity contribution in [2.75, 3.05) is 30.8 Å². The molecular weight excluding hydrogens is 397 g/mol. The van der Waals surface area contributed by atoms with Gasteiger partial charge < -0.3 is 10.6 Å². The van der Waals surface area contributed by atoms with Crippen molar-refractivity contribution in [2.24, 2.45) is 0 Å². The van der Waals surface area contributed by atoms with Crippen LogP contribution in [-0.2, 0) is 9.59 Å². The monoisotopic (exact) mass is 421 g/mol. The molecule has 2 N–H and O–H groups in total. The topological polar surface area (TPSA) is 61.4 Å². The van der Waals surface area contributed by atoms with Crippen LogP contribution in [0.15, 0.2) is 24.3 Å². The molecule has 2 amide bonds. The largest absolute Gasteiger partial charge is 0.324 e. The third-order valence-corrected chi connectivity index (χ3v) is 5.12. The van der Waals surface area contributed by atoms with Crippen LogP contribution in [-0.4, -0.2) is 36.9 Å². The van der Waals surface area contributed by atoms with E-state index in [0.717, 1.165) is 27.9 Å². The van der Waals surface area contributed by atoms with Crippen molar-refractivity contribution < 1.29 is 9.59 Å². The van der Waals surface area contributed by atoms with E-state index < -0.39 is 0 Å². The molecule has 0 unspecified atom stereocenters. The maximum absolute atomic E-state index is 12.4. The lowest BCUT2D eigenvalue weighted by Crippen LogP contribution is -2.36. The highest BCUT2D eigenvalue weighted by molar-refractivity contribution is 6.40. The molecule has 150 valence electrons. The Morgan fingerprint density at radius 3 is 1.89 bits per heavy atom. The molecule has 28 heavy (non-hydrogen) atoms. The zero-order valence-electron chi connectivity index (χ0n) is 16.7. The fourth-order valence-electron chi connectivity index (χ4n) is 3.05. The van der Waals surface area contributed by atoms with Crippen molar-refractivity contribution in [3.05, 3.63) is 56.6 Å². The van der Waals surface area contributed by atoms with Gasteiger partial charge in [0, 0.05) is 5.69 Å². The summed E-state index contributed by atoms with van der Waals surface area (Å²) in [5, 5.41) is 6.43. The number of hydrogen-bond donors (Lipinski definition) is 2. The van der Waals surface area contributed by atoms with E-state index in [-0.39, 0.29) is 24.9 Å². The number of amides is 2. The molecule has 0 atom stereocenters. The molecule has 7 heteroatoms. The molecular formula is C21H25Cl2N3O2. The molecule has 0 saturated carbocycles. The lowest BCUT2D eigenvalue weighted by Gasteiger charge is -2.18. The van der Waals surface area contributed by atoms with E-state index in [0.29, 0.717) is 15.7 Å². The predicted molar refractivity (Wildman–Crippen MR) is 117 cm³/mol. The van der Waals surface area contributed by atoms with E-state index in [1.54, 1.807) is 24.1 Å². The van der Waals surface area contributed by atoms with Gasteiger partial charge in [0.05, 0.1) is 28.8 Å². The Kier molecular flexibility index (Phi) is 7.47. The Morgan fingerprint density at radius 1 is 0.857 bits per heavy atom. The fourth-order valence-corrected chi connectivity index (χ4v) is 3.52. The van der Waals surface area contributed by atoms with Gasteiger partial charge in [-0.25, -0.2) is 0 Å². The molecule has 0 aliphatic carbocycles. The first-order valence-corrected chi connectivity index (χ1v) is 9.64. The van der Waals surface area contributed by atoms with Gasteiger partial charge in [0.2, 0.25) is 11.8 Å². The van der Waals surface area contributed by atoms with Crippen molar-refractivity contribution in [2.45, 2.75) is 27.7 Å². The molecule has 0 aliphatic heterocycles. The van der Waals surface area contributed by atoms with Crippen molar-refractivity contribution in [1.29, 1.82) is 0 Å². The summed E-state index contributed by atoms with van der Waals surface area (Å²) < 4.78 is 0. The second kappa shape index (κ2) is 9.41. The molecule has 0 radical (unpaired) electrons. The number of hydrogen-bond acceptors (Lipinski definition) is 3. The Bertz CT molecular complexity index is 890. The van der Waals surface area contributed by atoms with E-state index in [4.69, 9.17) is 23.2 Å². The number of aryl methyl sites for hydroxylation is 4. The van der Waals surface area contributed by atoms with Crippen molar-refractivity contribution in [1.82, 2.24) is 4.90 Å². The number of benzene rings is 2. The second-order valence-electron chi connectivity index (χ2n) is 7.10. The first-order chi connectivity index (χ1) is 13.1. The number of halogens is 2. The summed E-state index contributed by atoms with van der Waals surface area (Å²) in [7, 11) is 1.70. The molecule has 0 bridgehead atoms. The van der Waals surface area contributed by atoms with Crippen molar-refractivity contribution >= 4 is 46.4 Å². The third-order valence-electron chi connectivity index (χ3n) is 4.32. The van der Waals surface area contributed by atoms with Gasteiger partial charge in [-0.05, 0) is 57.5 Å². The SMILES string of the molecule is Cc1cc(C)c(NC(=O)CN(C)CC(=O)Nc2c(Cl)ccc(C)c2Cl)c(C)c1. The second-order valence-corrected chi connectivity index (χ2v) is 7.88. The molecule has 2 rings (SSSR count). The number of carbonyl (C=O) groups excluding carboxylic acids is 2. The molecule has 2 aromatic carbocycles. The van der Waals surface area contributed by atoms with Crippen LogP contribution in [0.25, 0.3) is 0 Å². The van der Waals surface area contributed by atoms with Gasteiger partial charge in [0.25, 0.3) is 0 Å². The first kappa shape index (κ1) is 22.2. The van der Waals surface area contributed by atoms with Gasteiger partial charge in [-0.15, -0.1) is 0 Å². The van der Waals surface area contributed by atoms with Gasteiger partial charge in [-0.1, -0.05) is 47.0 Å². The van der Waals surface area contributed by atoms with Crippen LogP contribution in [0, 0.1) is 27.7 Å². The summed E-state index contributed by atoms with van der Waals surface area (Å²) in [6, 6.07) is 7.51. The van der Waals surface area contributed by atoms with Crippen molar-refractivity contribution in [3.63, 3.8) is 0 Å². The van der Waals surface area contributed by atoms with Crippen LogP contribution in [0.1, 0.15) is 22.3 Å². The van der Waals surface area contributed by atoms with Gasteiger partial charge in [-0.3, -0.25) is 14.5 Å². The standard InChI is InChI=1S/C21H25Cl2N3O2/c1-12-8-14(3)20(15(4)9-12)24-17(27)10-26(5)11-18(28)25-21-16(22)7-6-13(2)19(21)23/h6-9H,10-11H2,1-5H3,(H,24,27)(H,25,28). The third kappa shape index (κ3) is 5.71. The summed E-state index contributed by atoms with van der Waals surface area (Å²) in [6.07, 6.45) is 0. The Balaban J connectivity index is 1.95.